The van der Waals surface area contributed by atoms with E-state index < -0.39 is 6.04 Å². The van der Waals surface area contributed by atoms with Gasteiger partial charge in [0.25, 0.3) is 0 Å². The average molecular weight is 341 g/mol. The normalized spacial score (nSPS) is 12.5. The Morgan fingerprint density at radius 3 is 2.41 bits per heavy atom. The van der Waals surface area contributed by atoms with E-state index in [2.05, 4.69) is 22.6 Å². The molecule has 0 radical (unpaired) electrons. The van der Waals surface area contributed by atoms with Gasteiger partial charge in [0.05, 0.1) is 6.04 Å². The molecule has 2 rings (SSSR count). The highest BCUT2D eigenvalue weighted by Gasteiger charge is 2.13. The fraction of sp³-hybridized carbons (Fsp3) is 0.143. The van der Waals surface area contributed by atoms with Crippen LogP contribution in [0.4, 0.5) is 4.39 Å². The maximum Gasteiger partial charge on any atom is 0.128 e. The van der Waals surface area contributed by atoms with Crippen molar-refractivity contribution in [1.29, 1.82) is 0 Å². The second kappa shape index (κ2) is 5.14. The van der Waals surface area contributed by atoms with Crippen LogP contribution in [0.15, 0.2) is 42.5 Å². The van der Waals surface area contributed by atoms with E-state index in [1.165, 1.54) is 6.07 Å². The Kier molecular flexibility index (Phi) is 3.79. The Balaban J connectivity index is 2.39. The summed E-state index contributed by atoms with van der Waals surface area (Å²) in [5.41, 5.74) is 8.58. The van der Waals surface area contributed by atoms with E-state index in [-0.39, 0.29) is 5.82 Å². The molecule has 2 aromatic rings. The molecule has 3 heteroatoms. The van der Waals surface area contributed by atoms with Gasteiger partial charge in [0.1, 0.15) is 5.82 Å². The van der Waals surface area contributed by atoms with Crippen molar-refractivity contribution in [1.82, 2.24) is 0 Å². The summed E-state index contributed by atoms with van der Waals surface area (Å²) in [5.74, 6) is -0.248. The molecule has 0 saturated carbocycles. The van der Waals surface area contributed by atoms with Gasteiger partial charge in [0.15, 0.2) is 0 Å². The summed E-state index contributed by atoms with van der Waals surface area (Å²) < 4.78 is 14.8. The zero-order valence-electron chi connectivity index (χ0n) is 9.45. The Labute approximate surface area is 114 Å². The molecule has 0 amide bonds. The van der Waals surface area contributed by atoms with Crippen LogP contribution in [0.2, 0.25) is 0 Å². The van der Waals surface area contributed by atoms with E-state index in [0.717, 1.165) is 14.7 Å². The number of benzene rings is 2. The van der Waals surface area contributed by atoms with Crippen LogP contribution >= 0.6 is 22.6 Å². The lowest BCUT2D eigenvalue weighted by atomic mass is 9.98. The van der Waals surface area contributed by atoms with Crippen LogP contribution in [0.1, 0.15) is 22.7 Å². The van der Waals surface area contributed by atoms with Crippen molar-refractivity contribution in [2.24, 2.45) is 5.73 Å². The van der Waals surface area contributed by atoms with Crippen LogP contribution in [-0.2, 0) is 0 Å². The van der Waals surface area contributed by atoms with Gasteiger partial charge < -0.3 is 5.73 Å². The lowest BCUT2D eigenvalue weighted by Gasteiger charge is -2.14. The molecule has 0 aliphatic carbocycles. The second-order valence-electron chi connectivity index (χ2n) is 4.05. The first-order chi connectivity index (χ1) is 8.08. The van der Waals surface area contributed by atoms with Crippen molar-refractivity contribution in [3.05, 3.63) is 68.5 Å². The minimum absolute atomic E-state index is 0.248. The molecule has 1 unspecified atom stereocenters. The Bertz CT molecular complexity index is 522. The van der Waals surface area contributed by atoms with Gasteiger partial charge in [-0.25, -0.2) is 4.39 Å². The van der Waals surface area contributed by atoms with Crippen molar-refractivity contribution in [2.75, 3.05) is 0 Å². The van der Waals surface area contributed by atoms with Gasteiger partial charge in [-0.15, -0.1) is 0 Å². The first-order valence-electron chi connectivity index (χ1n) is 5.35. The van der Waals surface area contributed by atoms with E-state index in [1.807, 2.05) is 31.2 Å². The number of hydrogen-bond donors (Lipinski definition) is 1. The van der Waals surface area contributed by atoms with Crippen LogP contribution < -0.4 is 5.73 Å². The van der Waals surface area contributed by atoms with Crippen LogP contribution in [0, 0.1) is 16.3 Å². The minimum atomic E-state index is -0.410. The monoisotopic (exact) mass is 341 g/mol. The zero-order chi connectivity index (χ0) is 12.4. The number of aryl methyl sites for hydroxylation is 1. The van der Waals surface area contributed by atoms with Crippen molar-refractivity contribution < 1.29 is 4.39 Å². The van der Waals surface area contributed by atoms with Gasteiger partial charge in [-0.1, -0.05) is 29.8 Å². The van der Waals surface area contributed by atoms with Crippen LogP contribution in [0.25, 0.3) is 0 Å². The summed E-state index contributed by atoms with van der Waals surface area (Å²) in [5, 5.41) is 0. The van der Waals surface area contributed by atoms with Gasteiger partial charge in [0, 0.05) is 9.13 Å². The summed E-state index contributed by atoms with van der Waals surface area (Å²) in [6.07, 6.45) is 0. The molecule has 88 valence electrons. The molecule has 0 aromatic heterocycles. The molecular formula is C14H13FIN. The molecule has 17 heavy (non-hydrogen) atoms. The van der Waals surface area contributed by atoms with Crippen molar-refractivity contribution in [2.45, 2.75) is 13.0 Å². The highest BCUT2D eigenvalue weighted by atomic mass is 127. The summed E-state index contributed by atoms with van der Waals surface area (Å²) >= 11 is 2.23. The SMILES string of the molecule is Cc1ccc(F)c(C(N)c2ccc(I)cc2)c1. The average Bonchev–Trinajstić information content (AvgIpc) is 2.32. The molecule has 2 aromatic carbocycles. The van der Waals surface area contributed by atoms with Gasteiger partial charge in [0.2, 0.25) is 0 Å². The van der Waals surface area contributed by atoms with E-state index in [1.54, 1.807) is 12.1 Å². The molecule has 0 fully saturated rings. The second-order valence-corrected chi connectivity index (χ2v) is 5.30. The van der Waals surface area contributed by atoms with Gasteiger partial charge in [-0.3, -0.25) is 0 Å². The fourth-order valence-electron chi connectivity index (χ4n) is 1.75. The van der Waals surface area contributed by atoms with E-state index in [0.29, 0.717) is 5.56 Å². The summed E-state index contributed by atoms with van der Waals surface area (Å²) in [4.78, 5) is 0. The highest BCUT2D eigenvalue weighted by molar-refractivity contribution is 14.1. The molecule has 1 nitrogen and oxygen atoms in total. The molecule has 1 atom stereocenters. The van der Waals surface area contributed by atoms with Crippen LogP contribution in [0.3, 0.4) is 0 Å². The molecule has 0 saturated heterocycles. The van der Waals surface area contributed by atoms with Crippen LogP contribution in [0.5, 0.6) is 0 Å². The minimum Gasteiger partial charge on any atom is -0.320 e. The van der Waals surface area contributed by atoms with Crippen molar-refractivity contribution in [3.63, 3.8) is 0 Å². The van der Waals surface area contributed by atoms with Gasteiger partial charge >= 0.3 is 0 Å². The van der Waals surface area contributed by atoms with E-state index >= 15 is 0 Å². The third-order valence-corrected chi connectivity index (χ3v) is 3.43. The standard InChI is InChI=1S/C14H13FIN/c1-9-2-7-13(15)12(8-9)14(17)10-3-5-11(16)6-4-10/h2-8,14H,17H2,1H3. The van der Waals surface area contributed by atoms with Crippen molar-refractivity contribution >= 4 is 22.6 Å². The number of halogens is 2. The molecule has 0 spiro atoms. The number of nitrogens with two attached hydrogens (primary N) is 1. The Morgan fingerprint density at radius 2 is 1.76 bits per heavy atom. The molecular weight excluding hydrogens is 328 g/mol. The van der Waals surface area contributed by atoms with Crippen molar-refractivity contribution in [3.8, 4) is 0 Å². The van der Waals surface area contributed by atoms with E-state index in [4.69, 9.17) is 5.73 Å². The van der Waals surface area contributed by atoms with Gasteiger partial charge in [-0.2, -0.15) is 0 Å². The maximum atomic E-state index is 13.7. The maximum absolute atomic E-state index is 13.7. The summed E-state index contributed by atoms with van der Waals surface area (Å²) in [6.45, 7) is 1.93. The smallest absolute Gasteiger partial charge is 0.128 e. The summed E-state index contributed by atoms with van der Waals surface area (Å²) in [6, 6.07) is 12.4. The first-order valence-corrected chi connectivity index (χ1v) is 6.43. The quantitative estimate of drug-likeness (QED) is 0.827. The number of rotatable bonds is 2. The largest absolute Gasteiger partial charge is 0.320 e. The van der Waals surface area contributed by atoms with Crippen LogP contribution in [-0.4, -0.2) is 0 Å². The molecule has 0 aliphatic rings. The predicted octanol–water partition coefficient (Wildman–Crippen LogP) is 3.79. The first kappa shape index (κ1) is 12.5. The molecule has 0 bridgehead atoms. The lowest BCUT2D eigenvalue weighted by Crippen LogP contribution is -2.13. The topological polar surface area (TPSA) is 26.0 Å². The van der Waals surface area contributed by atoms with E-state index in [9.17, 15) is 4.39 Å². The molecule has 0 heterocycles. The Hall–Kier alpha value is -0.940. The predicted molar refractivity (Wildman–Crippen MR) is 76.3 cm³/mol. The molecule has 0 aliphatic heterocycles. The lowest BCUT2D eigenvalue weighted by molar-refractivity contribution is 0.599. The highest BCUT2D eigenvalue weighted by Crippen LogP contribution is 2.23. The third-order valence-electron chi connectivity index (χ3n) is 2.72. The zero-order valence-corrected chi connectivity index (χ0v) is 11.6. The number of hydrogen-bond acceptors (Lipinski definition) is 1. The van der Waals surface area contributed by atoms with Gasteiger partial charge in [-0.05, 0) is 53.3 Å². The third kappa shape index (κ3) is 2.84. The molecule has 2 N–H and O–H groups in total. The Morgan fingerprint density at radius 1 is 1.12 bits per heavy atom. The summed E-state index contributed by atoms with van der Waals surface area (Å²) in [7, 11) is 0. The fourth-order valence-corrected chi connectivity index (χ4v) is 2.11.